The Bertz CT molecular complexity index is 509. The van der Waals surface area contributed by atoms with E-state index in [1.54, 1.807) is 0 Å². The fraction of sp³-hybridized carbons (Fsp3) is 0.692. The van der Waals surface area contributed by atoms with E-state index in [1.807, 2.05) is 0 Å². The van der Waals surface area contributed by atoms with Gasteiger partial charge in [0, 0.05) is 11.5 Å². The van der Waals surface area contributed by atoms with E-state index in [1.165, 1.54) is 27.9 Å². The number of ether oxygens (including phenoxy) is 2. The van der Waals surface area contributed by atoms with Crippen molar-refractivity contribution < 1.29 is 38.9 Å². The summed E-state index contributed by atoms with van der Waals surface area (Å²) in [7, 11) is 3.21. The van der Waals surface area contributed by atoms with Gasteiger partial charge in [0.25, 0.3) is 0 Å². The number of carboxylic acids is 1. The molecule has 0 aromatic heterocycles. The van der Waals surface area contributed by atoms with E-state index in [0.29, 0.717) is 0 Å². The second-order valence-corrected chi connectivity index (χ2v) is 8.24. The van der Waals surface area contributed by atoms with Gasteiger partial charge in [-0.3, -0.25) is 4.79 Å². The molecule has 10 nitrogen and oxygen atoms in total. The summed E-state index contributed by atoms with van der Waals surface area (Å²) >= 11 is 0. The molecule has 0 fully saturated rings. The second-order valence-electron chi connectivity index (χ2n) is 5.69. The fourth-order valence-electron chi connectivity index (χ4n) is 1.36. The molecule has 0 spiro atoms. The second kappa shape index (κ2) is 10.4. The van der Waals surface area contributed by atoms with Crippen molar-refractivity contribution in [3.05, 3.63) is 0 Å². The van der Waals surface area contributed by atoms with Gasteiger partial charge in [0.05, 0.1) is 7.11 Å². The van der Waals surface area contributed by atoms with Crippen LogP contribution < -0.4 is 5.73 Å². The first-order chi connectivity index (χ1) is 11.4. The fourth-order valence-corrected chi connectivity index (χ4v) is 3.66. The average molecular weight is 398 g/mol. The highest BCUT2D eigenvalue weighted by atomic mass is 33.1. The molecule has 144 valence electrons. The number of hydrogen-bond acceptors (Lipinski definition) is 9. The molecule has 0 aromatic rings. The molecule has 12 heteroatoms. The van der Waals surface area contributed by atoms with Crippen molar-refractivity contribution in [2.24, 2.45) is 5.73 Å². The van der Waals surface area contributed by atoms with Crippen molar-refractivity contribution in [2.45, 2.75) is 38.5 Å². The largest absolute Gasteiger partial charge is 0.480 e. The van der Waals surface area contributed by atoms with Gasteiger partial charge in [-0.05, 0) is 20.8 Å². The molecule has 0 unspecified atom stereocenters. The Balaban J connectivity index is 4.87. The summed E-state index contributed by atoms with van der Waals surface area (Å²) in [4.78, 5) is 45.9. The van der Waals surface area contributed by atoms with Crippen LogP contribution in [0.3, 0.4) is 0 Å². The predicted molar refractivity (Wildman–Crippen MR) is 92.4 cm³/mol. The Morgan fingerprint density at radius 3 is 2.04 bits per heavy atom. The first kappa shape index (κ1) is 23.3. The summed E-state index contributed by atoms with van der Waals surface area (Å²) in [6, 6.07) is -2.55. The molecule has 2 amide bonds. The number of carboxylic acid groups (broad SMARTS) is 2. The molecule has 0 aliphatic carbocycles. The van der Waals surface area contributed by atoms with E-state index in [9.17, 15) is 29.4 Å². The van der Waals surface area contributed by atoms with Crippen molar-refractivity contribution in [3.8, 4) is 0 Å². The normalized spacial score (nSPS) is 13.5. The molecule has 25 heavy (non-hydrogen) atoms. The zero-order valence-electron chi connectivity index (χ0n) is 14.3. The van der Waals surface area contributed by atoms with Gasteiger partial charge >= 0.3 is 24.1 Å². The van der Waals surface area contributed by atoms with E-state index in [-0.39, 0.29) is 16.4 Å². The van der Waals surface area contributed by atoms with Gasteiger partial charge in [-0.25, -0.2) is 14.4 Å². The maximum absolute atomic E-state index is 12.0. The Hall–Kier alpha value is -1.66. The lowest BCUT2D eigenvalue weighted by atomic mass is 10.2. The number of carbonyl (C=O) groups excluding carboxylic acids is 2. The molecule has 0 aromatic carbocycles. The molecule has 0 aliphatic heterocycles. The average Bonchev–Trinajstić information content (AvgIpc) is 2.46. The summed E-state index contributed by atoms with van der Waals surface area (Å²) in [6.45, 7) is 4.58. The minimum absolute atomic E-state index is 0.126. The van der Waals surface area contributed by atoms with Gasteiger partial charge in [0.2, 0.25) is 0 Å². The molecule has 0 radical (unpaired) electrons. The van der Waals surface area contributed by atoms with Crippen molar-refractivity contribution >= 4 is 45.7 Å². The molecule has 4 N–H and O–H groups in total. The van der Waals surface area contributed by atoms with Crippen molar-refractivity contribution in [2.75, 3.05) is 18.6 Å². The van der Waals surface area contributed by atoms with Crippen LogP contribution in [0.15, 0.2) is 0 Å². The smallest absolute Gasteiger partial charge is 0.420 e. The Morgan fingerprint density at radius 2 is 1.64 bits per heavy atom. The highest BCUT2D eigenvalue weighted by molar-refractivity contribution is 8.76. The molecule has 2 atom stereocenters. The number of imide groups is 1. The standard InChI is InChI=1S/C13H22N2O8S2/c1-13(2,3)23-12(21)15(11(19)20)8(9(16)17)6-25-24-5-7(14)10(18)22-4/h7-8H,5-6,14H2,1-4H3,(H,16,17)(H,19,20)/t7-,8-/m0/s1. The van der Waals surface area contributed by atoms with Gasteiger partial charge in [0.15, 0.2) is 6.04 Å². The van der Waals surface area contributed by atoms with Crippen molar-refractivity contribution in [3.63, 3.8) is 0 Å². The van der Waals surface area contributed by atoms with Crippen LogP contribution in [-0.2, 0) is 19.1 Å². The zero-order valence-corrected chi connectivity index (χ0v) is 15.9. The number of nitrogens with two attached hydrogens (primary N) is 1. The maximum Gasteiger partial charge on any atom is 0.420 e. The Morgan fingerprint density at radius 1 is 1.12 bits per heavy atom. The van der Waals surface area contributed by atoms with Crippen molar-refractivity contribution in [1.29, 1.82) is 0 Å². The predicted octanol–water partition coefficient (Wildman–Crippen LogP) is 1.24. The molecular formula is C13H22N2O8S2. The van der Waals surface area contributed by atoms with Gasteiger partial charge in [-0.1, -0.05) is 21.6 Å². The van der Waals surface area contributed by atoms with Gasteiger partial charge in [0.1, 0.15) is 11.6 Å². The van der Waals surface area contributed by atoms with Gasteiger partial charge in [-0.2, -0.15) is 4.90 Å². The molecule has 0 aliphatic rings. The molecular weight excluding hydrogens is 376 g/mol. The van der Waals surface area contributed by atoms with Crippen LogP contribution in [0.2, 0.25) is 0 Å². The zero-order chi connectivity index (χ0) is 19.8. The van der Waals surface area contributed by atoms with Crippen LogP contribution in [0, 0.1) is 0 Å². The van der Waals surface area contributed by atoms with Gasteiger partial charge in [-0.15, -0.1) is 0 Å². The Labute approximate surface area is 152 Å². The van der Waals surface area contributed by atoms with E-state index >= 15 is 0 Å². The number of rotatable bonds is 8. The summed E-state index contributed by atoms with van der Waals surface area (Å²) in [5.41, 5.74) is 4.54. The molecule has 0 saturated heterocycles. The SMILES string of the molecule is COC(=O)[C@@H](N)CSSC[C@@H](C(=O)O)N(C(=O)O)C(=O)OC(C)(C)C. The van der Waals surface area contributed by atoms with E-state index < -0.39 is 41.8 Å². The summed E-state index contributed by atoms with van der Waals surface area (Å²) in [5.74, 6) is -2.25. The lowest BCUT2D eigenvalue weighted by Crippen LogP contribution is -2.51. The molecule has 0 rings (SSSR count). The maximum atomic E-state index is 12.0. The van der Waals surface area contributed by atoms with Crippen LogP contribution in [0.1, 0.15) is 20.8 Å². The third kappa shape index (κ3) is 8.84. The molecule has 0 heterocycles. The Kier molecular flexibility index (Phi) is 9.67. The third-order valence-corrected chi connectivity index (χ3v) is 4.88. The van der Waals surface area contributed by atoms with Crippen LogP contribution in [0.4, 0.5) is 9.59 Å². The third-order valence-electron chi connectivity index (χ3n) is 2.45. The molecule has 0 bridgehead atoms. The van der Waals surface area contributed by atoms with Crippen molar-refractivity contribution in [1.82, 2.24) is 4.90 Å². The van der Waals surface area contributed by atoms with Gasteiger partial charge < -0.3 is 25.4 Å². The van der Waals surface area contributed by atoms with Crippen LogP contribution in [0.5, 0.6) is 0 Å². The number of methoxy groups -OCH3 is 1. The van der Waals surface area contributed by atoms with E-state index in [4.69, 9.17) is 10.5 Å². The summed E-state index contributed by atoms with van der Waals surface area (Å²) in [6.07, 6.45) is -3.01. The minimum Gasteiger partial charge on any atom is -0.480 e. The number of amides is 2. The monoisotopic (exact) mass is 398 g/mol. The highest BCUT2D eigenvalue weighted by Gasteiger charge is 2.38. The number of nitrogens with zero attached hydrogens (tertiary/aromatic N) is 1. The molecule has 0 saturated carbocycles. The van der Waals surface area contributed by atoms with E-state index in [2.05, 4.69) is 4.74 Å². The lowest BCUT2D eigenvalue weighted by molar-refractivity contribution is -0.142. The summed E-state index contributed by atoms with van der Waals surface area (Å²) < 4.78 is 9.38. The minimum atomic E-state index is -1.74. The number of aliphatic carboxylic acids is 1. The topological polar surface area (TPSA) is 156 Å². The highest BCUT2D eigenvalue weighted by Crippen LogP contribution is 2.25. The van der Waals surface area contributed by atoms with Crippen LogP contribution in [-0.4, -0.2) is 75.5 Å². The van der Waals surface area contributed by atoms with Crippen LogP contribution in [0.25, 0.3) is 0 Å². The van der Waals surface area contributed by atoms with Crippen LogP contribution >= 0.6 is 21.6 Å². The van der Waals surface area contributed by atoms with E-state index in [0.717, 1.165) is 21.6 Å². The summed E-state index contributed by atoms with van der Waals surface area (Å²) in [5, 5.41) is 18.4. The lowest BCUT2D eigenvalue weighted by Gasteiger charge is -2.27. The first-order valence-electron chi connectivity index (χ1n) is 6.96. The number of carbonyl (C=O) groups is 4. The number of esters is 1. The quantitative estimate of drug-likeness (QED) is 0.307. The number of hydrogen-bond donors (Lipinski definition) is 3. The first-order valence-corrected chi connectivity index (χ1v) is 9.45.